The predicted octanol–water partition coefficient (Wildman–Crippen LogP) is 4.05. The molecule has 0 aliphatic heterocycles. The molecule has 0 spiro atoms. The van der Waals surface area contributed by atoms with E-state index < -0.39 is 0 Å². The maximum atomic E-state index is 4.74. The molecule has 2 nitrogen and oxygen atoms in total. The Bertz CT molecular complexity index is 573. The third kappa shape index (κ3) is 3.10. The Morgan fingerprint density at radius 1 is 1.17 bits per heavy atom. The van der Waals surface area contributed by atoms with E-state index in [1.165, 1.54) is 11.3 Å². The van der Waals surface area contributed by atoms with E-state index in [1.807, 2.05) is 0 Å². The molecule has 2 rings (SSSR count). The Hall–Kier alpha value is -1.35. The number of nitrogens with zero attached hydrogens (tertiary/aromatic N) is 2. The van der Waals surface area contributed by atoms with Gasteiger partial charge in [0.25, 0.3) is 0 Å². The molecular formula is C15H20N2S. The van der Waals surface area contributed by atoms with Gasteiger partial charge in [0.05, 0.1) is 5.69 Å². The maximum Gasteiger partial charge on any atom is 0.190 e. The highest BCUT2D eigenvalue weighted by atomic mass is 32.1. The fraction of sp³-hybridized carbons (Fsp3) is 0.400. The van der Waals surface area contributed by atoms with Crippen LogP contribution in [0, 0.1) is 19.8 Å². The van der Waals surface area contributed by atoms with Gasteiger partial charge < -0.3 is 4.57 Å². The van der Waals surface area contributed by atoms with Crippen LogP contribution in [0.5, 0.6) is 0 Å². The highest BCUT2D eigenvalue weighted by Gasteiger charge is 2.03. The van der Waals surface area contributed by atoms with E-state index in [2.05, 4.69) is 61.9 Å². The molecule has 0 saturated heterocycles. The highest BCUT2D eigenvalue weighted by molar-refractivity contribution is 7.07. The molecule has 0 radical (unpaired) electrons. The Morgan fingerprint density at radius 3 is 2.44 bits per heavy atom. The van der Waals surface area contributed by atoms with Crippen molar-refractivity contribution in [3.8, 4) is 0 Å². The normalized spacial score (nSPS) is 12.4. The molecule has 0 bridgehead atoms. The van der Waals surface area contributed by atoms with Crippen molar-refractivity contribution in [2.45, 2.75) is 34.2 Å². The average molecular weight is 260 g/mol. The zero-order valence-electron chi connectivity index (χ0n) is 11.5. The van der Waals surface area contributed by atoms with Crippen LogP contribution < -0.4 is 4.80 Å². The van der Waals surface area contributed by atoms with E-state index in [0.717, 1.165) is 17.0 Å². The minimum atomic E-state index is 0.635. The summed E-state index contributed by atoms with van der Waals surface area (Å²) in [6, 6.07) is 8.35. The van der Waals surface area contributed by atoms with Crippen molar-refractivity contribution < 1.29 is 0 Å². The van der Waals surface area contributed by atoms with Gasteiger partial charge in [0.15, 0.2) is 4.80 Å². The van der Waals surface area contributed by atoms with Crippen molar-refractivity contribution in [3.63, 3.8) is 0 Å². The van der Waals surface area contributed by atoms with Crippen LogP contribution in [0.2, 0.25) is 0 Å². The van der Waals surface area contributed by atoms with Gasteiger partial charge >= 0.3 is 0 Å². The predicted molar refractivity (Wildman–Crippen MR) is 78.3 cm³/mol. The number of hydrogen-bond donors (Lipinski definition) is 0. The Balaban J connectivity index is 2.41. The summed E-state index contributed by atoms with van der Waals surface area (Å²) in [5.41, 5.74) is 3.59. The molecule has 1 heterocycles. The van der Waals surface area contributed by atoms with Gasteiger partial charge in [-0.3, -0.25) is 0 Å². The quantitative estimate of drug-likeness (QED) is 0.792. The number of hydrogen-bond acceptors (Lipinski definition) is 2. The molecule has 0 aliphatic rings. The highest BCUT2D eigenvalue weighted by Crippen LogP contribution is 2.13. The zero-order valence-corrected chi connectivity index (χ0v) is 12.3. The molecule has 1 aromatic carbocycles. The van der Waals surface area contributed by atoms with Crippen LogP contribution in [0.1, 0.15) is 25.1 Å². The van der Waals surface area contributed by atoms with Gasteiger partial charge in [-0.05, 0) is 31.9 Å². The first-order valence-electron chi connectivity index (χ1n) is 6.32. The first-order valence-corrected chi connectivity index (χ1v) is 7.20. The SMILES string of the molecule is Cc1ccc(N=c2scc(C)n2CC(C)C)cc1. The topological polar surface area (TPSA) is 17.3 Å². The summed E-state index contributed by atoms with van der Waals surface area (Å²) < 4.78 is 2.30. The smallest absolute Gasteiger partial charge is 0.190 e. The summed E-state index contributed by atoms with van der Waals surface area (Å²) in [7, 11) is 0. The molecule has 3 heteroatoms. The van der Waals surface area contributed by atoms with Gasteiger partial charge in [0, 0.05) is 17.6 Å². The molecule has 0 unspecified atom stereocenters. The first kappa shape index (κ1) is 13.1. The van der Waals surface area contributed by atoms with Crippen LogP contribution in [0.25, 0.3) is 0 Å². The summed E-state index contributed by atoms with van der Waals surface area (Å²) in [6.45, 7) is 9.74. The second-order valence-corrected chi connectivity index (χ2v) is 5.95. The summed E-state index contributed by atoms with van der Waals surface area (Å²) >= 11 is 1.71. The average Bonchev–Trinajstić information content (AvgIpc) is 2.64. The van der Waals surface area contributed by atoms with Crippen molar-refractivity contribution in [3.05, 3.63) is 45.7 Å². The van der Waals surface area contributed by atoms with Crippen molar-refractivity contribution in [1.29, 1.82) is 0 Å². The van der Waals surface area contributed by atoms with E-state index in [-0.39, 0.29) is 0 Å². The standard InChI is InChI=1S/C15H20N2S/c1-11(2)9-17-13(4)10-18-15(17)16-14-7-5-12(3)6-8-14/h5-8,10-11H,9H2,1-4H3. The second kappa shape index (κ2) is 5.53. The number of aromatic nitrogens is 1. The molecule has 0 atom stereocenters. The zero-order chi connectivity index (χ0) is 13.1. The third-order valence-electron chi connectivity index (χ3n) is 2.80. The van der Waals surface area contributed by atoms with Gasteiger partial charge in [-0.1, -0.05) is 31.5 Å². The van der Waals surface area contributed by atoms with Crippen LogP contribution in [0.15, 0.2) is 34.6 Å². The lowest BCUT2D eigenvalue weighted by molar-refractivity contribution is 0.506. The monoisotopic (exact) mass is 260 g/mol. The van der Waals surface area contributed by atoms with E-state index in [4.69, 9.17) is 4.99 Å². The van der Waals surface area contributed by atoms with E-state index in [1.54, 1.807) is 11.3 Å². The molecule has 0 N–H and O–H groups in total. The number of benzene rings is 1. The van der Waals surface area contributed by atoms with Crippen molar-refractivity contribution in [2.75, 3.05) is 0 Å². The van der Waals surface area contributed by atoms with Gasteiger partial charge in [-0.25, -0.2) is 4.99 Å². The minimum Gasteiger partial charge on any atom is -0.321 e. The largest absolute Gasteiger partial charge is 0.321 e. The lowest BCUT2D eigenvalue weighted by atomic mass is 10.2. The van der Waals surface area contributed by atoms with Crippen molar-refractivity contribution >= 4 is 17.0 Å². The minimum absolute atomic E-state index is 0.635. The molecule has 2 aromatic rings. The lowest BCUT2D eigenvalue weighted by Gasteiger charge is -2.08. The second-order valence-electron chi connectivity index (χ2n) is 5.11. The van der Waals surface area contributed by atoms with Crippen molar-refractivity contribution in [1.82, 2.24) is 4.57 Å². The van der Waals surface area contributed by atoms with Crippen LogP contribution in [0.4, 0.5) is 5.69 Å². The number of aryl methyl sites for hydroxylation is 2. The Kier molecular flexibility index (Phi) is 4.02. The number of thiazole rings is 1. The van der Waals surface area contributed by atoms with Crippen LogP contribution in [0.3, 0.4) is 0 Å². The first-order chi connectivity index (χ1) is 8.56. The van der Waals surface area contributed by atoms with Gasteiger partial charge in [-0.15, -0.1) is 11.3 Å². The summed E-state index contributed by atoms with van der Waals surface area (Å²) in [6.07, 6.45) is 0. The van der Waals surface area contributed by atoms with Crippen molar-refractivity contribution in [2.24, 2.45) is 10.9 Å². The Morgan fingerprint density at radius 2 is 1.83 bits per heavy atom. The number of rotatable bonds is 3. The van der Waals surface area contributed by atoms with E-state index >= 15 is 0 Å². The Labute approximate surface area is 113 Å². The maximum absolute atomic E-state index is 4.74. The molecule has 0 saturated carbocycles. The molecule has 0 amide bonds. The summed E-state index contributed by atoms with van der Waals surface area (Å²) in [5, 5.41) is 2.18. The third-order valence-corrected chi connectivity index (χ3v) is 3.78. The molecule has 0 aliphatic carbocycles. The van der Waals surface area contributed by atoms with Gasteiger partial charge in [0.2, 0.25) is 0 Å². The van der Waals surface area contributed by atoms with Crippen LogP contribution in [-0.4, -0.2) is 4.57 Å². The molecule has 1 aromatic heterocycles. The van der Waals surface area contributed by atoms with Crippen LogP contribution in [-0.2, 0) is 6.54 Å². The fourth-order valence-electron chi connectivity index (χ4n) is 1.82. The molecule has 0 fully saturated rings. The molecule has 96 valence electrons. The van der Waals surface area contributed by atoms with E-state index in [0.29, 0.717) is 5.92 Å². The van der Waals surface area contributed by atoms with Gasteiger partial charge in [-0.2, -0.15) is 0 Å². The van der Waals surface area contributed by atoms with E-state index in [9.17, 15) is 0 Å². The molecule has 18 heavy (non-hydrogen) atoms. The fourth-order valence-corrected chi connectivity index (χ4v) is 2.73. The lowest BCUT2D eigenvalue weighted by Crippen LogP contribution is -2.18. The van der Waals surface area contributed by atoms with Gasteiger partial charge in [0.1, 0.15) is 0 Å². The summed E-state index contributed by atoms with van der Waals surface area (Å²) in [4.78, 5) is 5.83. The molecular weight excluding hydrogens is 240 g/mol. The summed E-state index contributed by atoms with van der Waals surface area (Å²) in [5.74, 6) is 0.635. The van der Waals surface area contributed by atoms with Crippen LogP contribution >= 0.6 is 11.3 Å².